The molecule has 1 aliphatic carbocycles. The van der Waals surface area contributed by atoms with Crippen molar-refractivity contribution in [2.24, 2.45) is 0 Å². The van der Waals surface area contributed by atoms with E-state index in [9.17, 15) is 9.59 Å². The van der Waals surface area contributed by atoms with Crippen LogP contribution < -0.4 is 9.47 Å². The van der Waals surface area contributed by atoms with Gasteiger partial charge >= 0.3 is 11.9 Å². The molecule has 0 atom stereocenters. The second kappa shape index (κ2) is 17.7. The van der Waals surface area contributed by atoms with E-state index >= 15 is 0 Å². The van der Waals surface area contributed by atoms with Crippen LogP contribution in [0, 0.1) is 0 Å². The van der Waals surface area contributed by atoms with Gasteiger partial charge in [0.05, 0.1) is 31.8 Å². The van der Waals surface area contributed by atoms with Gasteiger partial charge < -0.3 is 28.4 Å². The first kappa shape index (κ1) is 39.0. The van der Waals surface area contributed by atoms with E-state index in [1.165, 1.54) is 33.4 Å². The molecule has 0 saturated heterocycles. The summed E-state index contributed by atoms with van der Waals surface area (Å²) in [6, 6.07) is 43.2. The molecule has 0 aliphatic heterocycles. The number of hydrogen-bond donors (Lipinski definition) is 0. The number of ether oxygens (including phenoxy) is 6. The molecule has 6 aromatic carbocycles. The number of carbonyl (C=O) groups is 2. The maximum atomic E-state index is 11.5. The average molecular weight is 763 g/mol. The van der Waals surface area contributed by atoms with E-state index in [0.717, 1.165) is 33.0 Å². The lowest BCUT2D eigenvalue weighted by molar-refractivity contribution is -0.141. The Hall–Kier alpha value is -6.22. The van der Waals surface area contributed by atoms with E-state index in [4.69, 9.17) is 28.4 Å². The van der Waals surface area contributed by atoms with Gasteiger partial charge in [-0.3, -0.25) is 0 Å². The van der Waals surface area contributed by atoms with Crippen molar-refractivity contribution in [2.75, 3.05) is 52.9 Å². The highest BCUT2D eigenvalue weighted by Gasteiger charge is 2.46. The van der Waals surface area contributed by atoms with Crippen molar-refractivity contribution in [3.8, 4) is 22.6 Å². The zero-order chi connectivity index (χ0) is 39.8. The van der Waals surface area contributed by atoms with E-state index < -0.39 is 17.4 Å². The molecule has 290 valence electrons. The molecule has 0 unspecified atom stereocenters. The third-order valence-corrected chi connectivity index (χ3v) is 10.1. The van der Waals surface area contributed by atoms with Gasteiger partial charge in [0.15, 0.2) is 0 Å². The van der Waals surface area contributed by atoms with Crippen molar-refractivity contribution >= 4 is 33.5 Å². The molecule has 8 heteroatoms. The van der Waals surface area contributed by atoms with Gasteiger partial charge in [-0.25, -0.2) is 9.59 Å². The van der Waals surface area contributed by atoms with Crippen LogP contribution >= 0.6 is 0 Å². The highest BCUT2D eigenvalue weighted by molar-refractivity contribution is 5.92. The molecule has 0 N–H and O–H groups in total. The monoisotopic (exact) mass is 762 g/mol. The lowest BCUT2D eigenvalue weighted by atomic mass is 9.67. The molecule has 0 spiro atoms. The Balaban J connectivity index is 1.11. The first-order valence-electron chi connectivity index (χ1n) is 19.1. The minimum Gasteiger partial charge on any atom is -0.491 e. The minimum absolute atomic E-state index is 0.173. The lowest BCUT2D eigenvalue weighted by Crippen LogP contribution is -2.28. The van der Waals surface area contributed by atoms with Crippen LogP contribution in [0.5, 0.6) is 11.5 Å². The van der Waals surface area contributed by atoms with Gasteiger partial charge in [0, 0.05) is 11.1 Å². The van der Waals surface area contributed by atoms with Crippen molar-refractivity contribution in [3.63, 3.8) is 0 Å². The summed E-state index contributed by atoms with van der Waals surface area (Å²) in [5.74, 6) is 0.673. The molecule has 0 fully saturated rings. The summed E-state index contributed by atoms with van der Waals surface area (Å²) in [6.07, 6.45) is 0. The molecule has 0 amide bonds. The molecular weight excluding hydrogens is 717 g/mol. The van der Waals surface area contributed by atoms with Crippen LogP contribution in [0.4, 0.5) is 0 Å². The third kappa shape index (κ3) is 8.48. The minimum atomic E-state index is -0.564. The molecule has 0 radical (unpaired) electrons. The fourth-order valence-corrected chi connectivity index (χ4v) is 7.39. The fraction of sp³-hybridized carbons (Fsp3) is 0.224. The molecule has 8 nitrogen and oxygen atoms in total. The Morgan fingerprint density at radius 2 is 0.860 bits per heavy atom. The number of rotatable bonds is 18. The Morgan fingerprint density at radius 3 is 1.30 bits per heavy atom. The summed E-state index contributed by atoms with van der Waals surface area (Å²) < 4.78 is 33.3. The van der Waals surface area contributed by atoms with Gasteiger partial charge in [-0.05, 0) is 105 Å². The number of fused-ring (bicyclic) bond motifs is 5. The van der Waals surface area contributed by atoms with Crippen LogP contribution in [0.2, 0.25) is 0 Å². The van der Waals surface area contributed by atoms with Gasteiger partial charge in [0.25, 0.3) is 0 Å². The van der Waals surface area contributed by atoms with Gasteiger partial charge in [-0.15, -0.1) is 0 Å². The third-order valence-electron chi connectivity index (χ3n) is 10.1. The molecule has 0 saturated carbocycles. The van der Waals surface area contributed by atoms with Crippen molar-refractivity contribution in [1.29, 1.82) is 0 Å². The molecule has 0 heterocycles. The first-order valence-corrected chi connectivity index (χ1v) is 19.1. The standard InChI is InChI=1S/C49H46O8/c1-33(2)47(50)56-27-23-52-21-25-54-41-19-15-35-29-39(17-13-37(35)31-41)49(45-11-7-5-9-43(45)44-10-6-8-12-46(44)49)40-18-14-38-32-42(20-16-36(38)30-40)55-26-22-53-24-28-57-48(51)34(3)4/h5-20,29-32H,1,3,21-28H2,2,4H3. The molecular formula is C49H46O8. The Labute approximate surface area is 333 Å². The van der Waals surface area contributed by atoms with Crippen molar-refractivity contribution in [3.05, 3.63) is 168 Å². The molecule has 6 aromatic rings. The normalized spacial score (nSPS) is 12.5. The van der Waals surface area contributed by atoms with Crippen LogP contribution in [0.15, 0.2) is 146 Å². The Kier molecular flexibility index (Phi) is 12.1. The first-order chi connectivity index (χ1) is 27.8. The highest BCUT2D eigenvalue weighted by Crippen LogP contribution is 2.56. The summed E-state index contributed by atoms with van der Waals surface area (Å²) in [6.45, 7) is 12.8. The van der Waals surface area contributed by atoms with Crippen LogP contribution in [0.25, 0.3) is 32.7 Å². The van der Waals surface area contributed by atoms with Crippen molar-refractivity contribution in [2.45, 2.75) is 19.3 Å². The van der Waals surface area contributed by atoms with E-state index in [1.54, 1.807) is 13.8 Å². The predicted molar refractivity (Wildman–Crippen MR) is 223 cm³/mol. The van der Waals surface area contributed by atoms with E-state index in [-0.39, 0.29) is 13.2 Å². The summed E-state index contributed by atoms with van der Waals surface area (Å²) >= 11 is 0. The number of esters is 2. The maximum Gasteiger partial charge on any atom is 0.333 e. The second-order valence-electron chi connectivity index (χ2n) is 14.0. The molecule has 7 rings (SSSR count). The molecule has 0 bridgehead atoms. The van der Waals surface area contributed by atoms with Crippen LogP contribution in [0.3, 0.4) is 0 Å². The molecule has 57 heavy (non-hydrogen) atoms. The van der Waals surface area contributed by atoms with Crippen LogP contribution in [-0.4, -0.2) is 64.8 Å². The van der Waals surface area contributed by atoms with Gasteiger partial charge in [0.1, 0.15) is 37.9 Å². The number of benzene rings is 6. The summed E-state index contributed by atoms with van der Waals surface area (Å²) in [7, 11) is 0. The van der Waals surface area contributed by atoms with Gasteiger partial charge in [-0.1, -0.05) is 98.1 Å². The van der Waals surface area contributed by atoms with Crippen molar-refractivity contribution in [1.82, 2.24) is 0 Å². The smallest absolute Gasteiger partial charge is 0.333 e. The maximum absolute atomic E-state index is 11.5. The average Bonchev–Trinajstić information content (AvgIpc) is 3.53. The second-order valence-corrected chi connectivity index (χ2v) is 14.0. The SMILES string of the molecule is C=C(C)C(=O)OCCOCCOc1ccc2cc(C3(c4ccc5cc(OCCOCCOC(=O)C(=C)C)ccc5c4)c4ccccc4-c4ccccc43)ccc2c1. The number of carbonyl (C=O) groups excluding carboxylic acids is 2. The quantitative estimate of drug-likeness (QED) is 0.0486. The van der Waals surface area contributed by atoms with Gasteiger partial charge in [0.2, 0.25) is 0 Å². The van der Waals surface area contributed by atoms with Crippen LogP contribution in [-0.2, 0) is 34.0 Å². The topological polar surface area (TPSA) is 89.5 Å². The summed E-state index contributed by atoms with van der Waals surface area (Å²) in [5.41, 5.74) is 7.47. The Bertz CT molecular complexity index is 2280. The van der Waals surface area contributed by atoms with E-state index in [1.807, 2.05) is 12.1 Å². The zero-order valence-corrected chi connectivity index (χ0v) is 32.4. The van der Waals surface area contributed by atoms with E-state index in [2.05, 4.69) is 122 Å². The summed E-state index contributed by atoms with van der Waals surface area (Å²) in [4.78, 5) is 23.1. The summed E-state index contributed by atoms with van der Waals surface area (Å²) in [5, 5.41) is 4.36. The zero-order valence-electron chi connectivity index (χ0n) is 32.4. The van der Waals surface area contributed by atoms with E-state index in [0.29, 0.717) is 50.8 Å². The highest BCUT2D eigenvalue weighted by atomic mass is 16.6. The molecule has 0 aromatic heterocycles. The predicted octanol–water partition coefficient (Wildman–Crippen LogP) is 9.39. The number of hydrogen-bond acceptors (Lipinski definition) is 8. The lowest BCUT2D eigenvalue weighted by Gasteiger charge is -2.34. The van der Waals surface area contributed by atoms with Crippen molar-refractivity contribution < 1.29 is 38.0 Å². The fourth-order valence-electron chi connectivity index (χ4n) is 7.39. The van der Waals surface area contributed by atoms with Gasteiger partial charge in [-0.2, -0.15) is 0 Å². The Morgan fingerprint density at radius 1 is 0.474 bits per heavy atom. The van der Waals surface area contributed by atoms with Crippen LogP contribution in [0.1, 0.15) is 36.1 Å². The largest absolute Gasteiger partial charge is 0.491 e. The molecule has 1 aliphatic rings.